The van der Waals surface area contributed by atoms with Crippen molar-refractivity contribution in [2.24, 2.45) is 17.4 Å². The van der Waals surface area contributed by atoms with Gasteiger partial charge in [0.05, 0.1) is 6.04 Å². The third-order valence-corrected chi connectivity index (χ3v) is 1.95. The number of nitrogens with one attached hydrogen (secondary N) is 1. The van der Waals surface area contributed by atoms with Gasteiger partial charge in [0, 0.05) is 6.54 Å². The van der Waals surface area contributed by atoms with Crippen LogP contribution in [-0.2, 0) is 4.79 Å². The summed E-state index contributed by atoms with van der Waals surface area (Å²) in [5.41, 5.74) is 11.0. The van der Waals surface area contributed by atoms with E-state index >= 15 is 0 Å². The Balaban J connectivity index is 3.50. The number of nitrogens with two attached hydrogens (primary N) is 2. The molecule has 78 valence electrons. The quantitative estimate of drug-likeness (QED) is 0.505. The fourth-order valence-corrected chi connectivity index (χ4v) is 0.902. The topological polar surface area (TPSA) is 81.1 Å². The van der Waals surface area contributed by atoms with Crippen LogP contribution in [0.2, 0.25) is 0 Å². The van der Waals surface area contributed by atoms with Gasteiger partial charge >= 0.3 is 0 Å². The first kappa shape index (κ1) is 12.4. The van der Waals surface area contributed by atoms with Crippen molar-refractivity contribution in [3.05, 3.63) is 0 Å². The predicted molar refractivity (Wildman–Crippen MR) is 54.1 cm³/mol. The minimum Gasteiger partial charge on any atom is -0.355 e. The molecular weight excluding hydrogens is 166 g/mol. The molecule has 4 nitrogen and oxygen atoms in total. The van der Waals surface area contributed by atoms with E-state index in [0.717, 1.165) is 12.8 Å². The van der Waals surface area contributed by atoms with Crippen LogP contribution in [-0.4, -0.2) is 25.0 Å². The van der Waals surface area contributed by atoms with Crippen LogP contribution in [0.15, 0.2) is 0 Å². The molecule has 0 aliphatic heterocycles. The zero-order chi connectivity index (χ0) is 10.3. The Labute approximate surface area is 80.0 Å². The molecule has 0 aliphatic carbocycles. The fourth-order valence-electron chi connectivity index (χ4n) is 0.902. The van der Waals surface area contributed by atoms with E-state index in [-0.39, 0.29) is 11.8 Å². The third-order valence-electron chi connectivity index (χ3n) is 1.95. The van der Waals surface area contributed by atoms with Crippen molar-refractivity contribution in [1.29, 1.82) is 0 Å². The average molecular weight is 187 g/mol. The molecule has 0 radical (unpaired) electrons. The summed E-state index contributed by atoms with van der Waals surface area (Å²) >= 11 is 0. The first-order chi connectivity index (χ1) is 6.09. The van der Waals surface area contributed by atoms with E-state index < -0.39 is 6.04 Å². The summed E-state index contributed by atoms with van der Waals surface area (Å²) < 4.78 is 0. The molecule has 0 aromatic heterocycles. The molecule has 0 bridgehead atoms. The van der Waals surface area contributed by atoms with Crippen molar-refractivity contribution in [2.75, 3.05) is 13.1 Å². The monoisotopic (exact) mass is 187 g/mol. The second kappa shape index (κ2) is 6.86. The lowest BCUT2D eigenvalue weighted by Crippen LogP contribution is -2.44. The van der Waals surface area contributed by atoms with Gasteiger partial charge in [-0.25, -0.2) is 0 Å². The van der Waals surface area contributed by atoms with Crippen molar-refractivity contribution in [3.8, 4) is 0 Å². The van der Waals surface area contributed by atoms with E-state index in [1.165, 1.54) is 0 Å². The maximum absolute atomic E-state index is 11.3. The number of rotatable bonds is 6. The highest BCUT2D eigenvalue weighted by Crippen LogP contribution is 1.97. The standard InChI is InChI=1S/C9H21N3O/c1-7(2)8(11)9(13)12-6-4-3-5-10/h7-8H,3-6,10-11H2,1-2H3,(H,12,13)/t8-/m0/s1. The summed E-state index contributed by atoms with van der Waals surface area (Å²) in [6.45, 7) is 5.22. The Bertz CT molecular complexity index is 148. The van der Waals surface area contributed by atoms with Gasteiger partial charge in [0.25, 0.3) is 0 Å². The highest BCUT2D eigenvalue weighted by atomic mass is 16.2. The summed E-state index contributed by atoms with van der Waals surface area (Å²) in [5.74, 6) is 0.126. The molecular formula is C9H21N3O. The Morgan fingerprint density at radius 1 is 1.38 bits per heavy atom. The molecule has 1 amide bonds. The Morgan fingerprint density at radius 2 is 2.00 bits per heavy atom. The van der Waals surface area contributed by atoms with Crippen molar-refractivity contribution >= 4 is 5.91 Å². The molecule has 0 fully saturated rings. The van der Waals surface area contributed by atoms with Gasteiger partial charge in [-0.3, -0.25) is 4.79 Å². The number of hydrogen-bond donors (Lipinski definition) is 3. The van der Waals surface area contributed by atoms with E-state index in [2.05, 4.69) is 5.32 Å². The van der Waals surface area contributed by atoms with E-state index in [1.54, 1.807) is 0 Å². The fraction of sp³-hybridized carbons (Fsp3) is 0.889. The van der Waals surface area contributed by atoms with Gasteiger partial charge in [0.2, 0.25) is 5.91 Å². The van der Waals surface area contributed by atoms with Crippen LogP contribution in [0.3, 0.4) is 0 Å². The van der Waals surface area contributed by atoms with Gasteiger partial charge in [-0.05, 0) is 25.3 Å². The molecule has 0 spiro atoms. The van der Waals surface area contributed by atoms with E-state index in [0.29, 0.717) is 13.1 Å². The zero-order valence-corrected chi connectivity index (χ0v) is 8.55. The van der Waals surface area contributed by atoms with Gasteiger partial charge in [-0.2, -0.15) is 0 Å². The lowest BCUT2D eigenvalue weighted by molar-refractivity contribution is -0.123. The van der Waals surface area contributed by atoms with Crippen molar-refractivity contribution in [2.45, 2.75) is 32.7 Å². The van der Waals surface area contributed by atoms with Crippen LogP contribution in [0.25, 0.3) is 0 Å². The number of carbonyl (C=O) groups excluding carboxylic acids is 1. The summed E-state index contributed by atoms with van der Waals surface area (Å²) in [6.07, 6.45) is 1.87. The van der Waals surface area contributed by atoms with E-state index in [9.17, 15) is 4.79 Å². The number of unbranched alkanes of at least 4 members (excludes halogenated alkanes) is 1. The summed E-state index contributed by atoms with van der Waals surface area (Å²) in [5, 5.41) is 2.78. The summed E-state index contributed by atoms with van der Waals surface area (Å²) in [7, 11) is 0. The van der Waals surface area contributed by atoms with Crippen molar-refractivity contribution in [1.82, 2.24) is 5.32 Å². The van der Waals surface area contributed by atoms with Crippen molar-refractivity contribution in [3.63, 3.8) is 0 Å². The smallest absolute Gasteiger partial charge is 0.237 e. The Hall–Kier alpha value is -0.610. The Morgan fingerprint density at radius 3 is 2.46 bits per heavy atom. The van der Waals surface area contributed by atoms with Crippen LogP contribution >= 0.6 is 0 Å². The van der Waals surface area contributed by atoms with Gasteiger partial charge in [0.1, 0.15) is 0 Å². The highest BCUT2D eigenvalue weighted by molar-refractivity contribution is 5.81. The molecule has 0 unspecified atom stereocenters. The second-order valence-corrected chi connectivity index (χ2v) is 3.56. The molecule has 0 aromatic carbocycles. The minimum atomic E-state index is -0.391. The van der Waals surface area contributed by atoms with Crippen molar-refractivity contribution < 1.29 is 4.79 Å². The van der Waals surface area contributed by atoms with Crippen LogP contribution in [0.1, 0.15) is 26.7 Å². The molecule has 0 heterocycles. The molecule has 0 rings (SSSR count). The largest absolute Gasteiger partial charge is 0.355 e. The van der Waals surface area contributed by atoms with E-state index in [1.807, 2.05) is 13.8 Å². The minimum absolute atomic E-state index is 0.0629. The maximum Gasteiger partial charge on any atom is 0.237 e. The van der Waals surface area contributed by atoms with Crippen LogP contribution < -0.4 is 16.8 Å². The normalized spacial score (nSPS) is 13.0. The predicted octanol–water partition coefficient (Wildman–Crippen LogP) is -0.175. The molecule has 4 heteroatoms. The summed E-state index contributed by atoms with van der Waals surface area (Å²) in [6, 6.07) is -0.391. The van der Waals surface area contributed by atoms with Crippen LogP contribution in [0, 0.1) is 5.92 Å². The third kappa shape index (κ3) is 5.60. The van der Waals surface area contributed by atoms with Crippen LogP contribution in [0.5, 0.6) is 0 Å². The Kier molecular flexibility index (Phi) is 6.54. The summed E-state index contributed by atoms with van der Waals surface area (Å²) in [4.78, 5) is 11.3. The molecule has 0 aliphatic rings. The highest BCUT2D eigenvalue weighted by Gasteiger charge is 2.15. The van der Waals surface area contributed by atoms with E-state index in [4.69, 9.17) is 11.5 Å². The molecule has 0 saturated carbocycles. The lowest BCUT2D eigenvalue weighted by Gasteiger charge is -2.14. The molecule has 1 atom stereocenters. The maximum atomic E-state index is 11.3. The molecule has 0 aromatic rings. The van der Waals surface area contributed by atoms with Gasteiger partial charge in [0.15, 0.2) is 0 Å². The zero-order valence-electron chi connectivity index (χ0n) is 8.55. The van der Waals surface area contributed by atoms with Gasteiger partial charge in [-0.1, -0.05) is 13.8 Å². The second-order valence-electron chi connectivity index (χ2n) is 3.56. The number of amides is 1. The first-order valence-electron chi connectivity index (χ1n) is 4.83. The molecule has 0 saturated heterocycles. The lowest BCUT2D eigenvalue weighted by atomic mass is 10.1. The number of carbonyl (C=O) groups is 1. The van der Waals surface area contributed by atoms with Gasteiger partial charge in [-0.15, -0.1) is 0 Å². The average Bonchev–Trinajstić information content (AvgIpc) is 2.10. The number of hydrogen-bond acceptors (Lipinski definition) is 3. The molecule has 13 heavy (non-hydrogen) atoms. The van der Waals surface area contributed by atoms with Crippen LogP contribution in [0.4, 0.5) is 0 Å². The first-order valence-corrected chi connectivity index (χ1v) is 4.83. The van der Waals surface area contributed by atoms with Gasteiger partial charge < -0.3 is 16.8 Å². The molecule has 5 N–H and O–H groups in total. The SMILES string of the molecule is CC(C)[C@H](N)C(=O)NCCCCN.